The van der Waals surface area contributed by atoms with Crippen molar-refractivity contribution in [3.05, 3.63) is 59.3 Å². The van der Waals surface area contributed by atoms with Gasteiger partial charge in [0.05, 0.1) is 36.4 Å². The van der Waals surface area contributed by atoms with E-state index in [1.54, 1.807) is 4.90 Å². The molecule has 4 heterocycles. The highest BCUT2D eigenvalue weighted by Crippen LogP contribution is 2.45. The number of ether oxygens (including phenoxy) is 2. The summed E-state index contributed by atoms with van der Waals surface area (Å²) >= 11 is 0. The van der Waals surface area contributed by atoms with Crippen molar-refractivity contribution < 1.29 is 14.3 Å². The predicted octanol–water partition coefficient (Wildman–Crippen LogP) is 3.02. The van der Waals surface area contributed by atoms with E-state index in [-0.39, 0.29) is 18.4 Å². The normalized spacial score (nSPS) is 26.2. The zero-order chi connectivity index (χ0) is 27.7. The molecule has 2 aromatic rings. The van der Waals surface area contributed by atoms with Crippen LogP contribution in [-0.2, 0) is 34.4 Å². The van der Waals surface area contributed by atoms with Crippen LogP contribution in [0, 0.1) is 11.3 Å². The van der Waals surface area contributed by atoms with E-state index in [0.717, 1.165) is 49.3 Å². The number of likely N-dealkylation sites (N-methyl/N-ethyl adjacent to an activating group) is 1. The van der Waals surface area contributed by atoms with Crippen LogP contribution < -0.4 is 9.64 Å². The lowest BCUT2D eigenvalue weighted by Crippen LogP contribution is -2.55. The quantitative estimate of drug-likeness (QED) is 0.514. The van der Waals surface area contributed by atoms with Gasteiger partial charge in [0.15, 0.2) is 0 Å². The maximum absolute atomic E-state index is 12.5. The molecule has 0 radical (unpaired) electrons. The van der Waals surface area contributed by atoms with Gasteiger partial charge in [0.1, 0.15) is 12.4 Å². The van der Waals surface area contributed by atoms with Crippen LogP contribution in [-0.4, -0.2) is 84.2 Å². The molecule has 4 aliphatic rings. The van der Waals surface area contributed by atoms with Crippen LogP contribution in [0.3, 0.4) is 0 Å². The molecule has 1 aromatic carbocycles. The number of nitriles is 1. The Morgan fingerprint density at radius 1 is 1.25 bits per heavy atom. The fourth-order valence-corrected chi connectivity index (χ4v) is 6.98. The standard InChI is InChI=1S/C31H38N6O3/c1-3-28(38)37-17-16-36(20-23(37)11-14-32)29-25-10-13-31(26-9-5-4-7-22(26)12-18-40-31)19-27(25)33-30(34-29)39-21-24-8-6-15-35(24)2/h3-5,7,9,23-24H,1,6,8,10-13,15-21H2,2H3/t23-,24-,31?/m0/s1. The van der Waals surface area contributed by atoms with Gasteiger partial charge in [0, 0.05) is 37.7 Å². The second kappa shape index (κ2) is 11.2. The van der Waals surface area contributed by atoms with E-state index in [9.17, 15) is 10.1 Å². The van der Waals surface area contributed by atoms with E-state index in [0.29, 0.717) is 51.3 Å². The Morgan fingerprint density at radius 2 is 2.12 bits per heavy atom. The number of fused-ring (bicyclic) bond motifs is 3. The lowest BCUT2D eigenvalue weighted by molar-refractivity contribution is -0.128. The van der Waals surface area contributed by atoms with Gasteiger partial charge in [-0.1, -0.05) is 30.8 Å². The van der Waals surface area contributed by atoms with Crippen molar-refractivity contribution in [1.82, 2.24) is 19.8 Å². The van der Waals surface area contributed by atoms with Crippen molar-refractivity contribution >= 4 is 11.7 Å². The molecule has 1 amide bonds. The van der Waals surface area contributed by atoms with E-state index in [4.69, 9.17) is 19.4 Å². The second-order valence-electron chi connectivity index (χ2n) is 11.5. The van der Waals surface area contributed by atoms with Crippen molar-refractivity contribution in [2.75, 3.05) is 51.3 Å². The number of carbonyl (C=O) groups excluding carboxylic acids is 1. The van der Waals surface area contributed by atoms with Gasteiger partial charge in [-0.2, -0.15) is 15.2 Å². The number of anilines is 1. The summed E-state index contributed by atoms with van der Waals surface area (Å²) < 4.78 is 12.9. The van der Waals surface area contributed by atoms with Gasteiger partial charge < -0.3 is 24.2 Å². The SMILES string of the molecule is C=CC(=O)N1CCN(c2nc(OC[C@@H]3CCCN3C)nc3c2CCC2(C3)OCCc3ccccc32)C[C@@H]1CC#N. The van der Waals surface area contributed by atoms with Crippen LogP contribution in [0.1, 0.15) is 48.1 Å². The number of benzene rings is 1. The third kappa shape index (κ3) is 4.95. The minimum Gasteiger partial charge on any atom is -0.462 e. The van der Waals surface area contributed by atoms with Crippen molar-refractivity contribution in [2.24, 2.45) is 0 Å². The first kappa shape index (κ1) is 26.7. The number of likely N-dealkylation sites (tertiary alicyclic amines) is 1. The Labute approximate surface area is 236 Å². The Bertz CT molecular complexity index is 1320. The maximum atomic E-state index is 12.5. The molecule has 0 saturated carbocycles. The minimum absolute atomic E-state index is 0.135. The number of hydrogen-bond donors (Lipinski definition) is 0. The third-order valence-corrected chi connectivity index (χ3v) is 9.18. The Kier molecular flexibility index (Phi) is 7.47. The summed E-state index contributed by atoms with van der Waals surface area (Å²) in [5.74, 6) is 0.733. The van der Waals surface area contributed by atoms with Gasteiger partial charge in [-0.15, -0.1) is 0 Å². The average molecular weight is 543 g/mol. The summed E-state index contributed by atoms with van der Waals surface area (Å²) in [6, 6.07) is 11.4. The molecule has 210 valence electrons. The fourth-order valence-electron chi connectivity index (χ4n) is 6.98. The van der Waals surface area contributed by atoms with E-state index in [1.165, 1.54) is 23.6 Å². The average Bonchev–Trinajstić information content (AvgIpc) is 3.40. The molecule has 40 heavy (non-hydrogen) atoms. The van der Waals surface area contributed by atoms with Gasteiger partial charge in [-0.05, 0) is 62.9 Å². The molecule has 1 spiro atoms. The number of hydrogen-bond acceptors (Lipinski definition) is 8. The largest absolute Gasteiger partial charge is 0.462 e. The van der Waals surface area contributed by atoms with Crippen LogP contribution in [0.15, 0.2) is 36.9 Å². The first-order chi connectivity index (χ1) is 19.5. The van der Waals surface area contributed by atoms with Crippen molar-refractivity contribution in [3.63, 3.8) is 0 Å². The predicted molar refractivity (Wildman–Crippen MR) is 151 cm³/mol. The topological polar surface area (TPSA) is 94.8 Å². The van der Waals surface area contributed by atoms with E-state index >= 15 is 0 Å². The number of piperazine rings is 1. The van der Waals surface area contributed by atoms with Crippen molar-refractivity contribution in [2.45, 2.75) is 62.6 Å². The molecule has 2 saturated heterocycles. The van der Waals surface area contributed by atoms with Crippen LogP contribution in [0.2, 0.25) is 0 Å². The van der Waals surface area contributed by atoms with Crippen LogP contribution in [0.5, 0.6) is 6.01 Å². The Morgan fingerprint density at radius 3 is 2.92 bits per heavy atom. The molecule has 6 rings (SSSR count). The van der Waals surface area contributed by atoms with Crippen LogP contribution >= 0.6 is 0 Å². The lowest BCUT2D eigenvalue weighted by Gasteiger charge is -2.44. The molecule has 0 N–H and O–H groups in total. The molecular formula is C31H38N6O3. The highest BCUT2D eigenvalue weighted by molar-refractivity contribution is 5.87. The molecule has 1 aromatic heterocycles. The zero-order valence-electron chi connectivity index (χ0n) is 23.3. The van der Waals surface area contributed by atoms with E-state index in [1.807, 2.05) is 0 Å². The first-order valence-electron chi connectivity index (χ1n) is 14.5. The molecular weight excluding hydrogens is 504 g/mol. The highest BCUT2D eigenvalue weighted by atomic mass is 16.5. The lowest BCUT2D eigenvalue weighted by atomic mass is 9.75. The molecule has 1 aliphatic carbocycles. The Balaban J connectivity index is 1.34. The van der Waals surface area contributed by atoms with Gasteiger partial charge in [-0.25, -0.2) is 0 Å². The number of carbonyl (C=O) groups is 1. The highest BCUT2D eigenvalue weighted by Gasteiger charge is 2.43. The van der Waals surface area contributed by atoms with Crippen LogP contribution in [0.4, 0.5) is 5.82 Å². The first-order valence-corrected chi connectivity index (χ1v) is 14.5. The number of amides is 1. The monoisotopic (exact) mass is 542 g/mol. The van der Waals surface area contributed by atoms with Crippen LogP contribution in [0.25, 0.3) is 0 Å². The number of aromatic nitrogens is 2. The summed E-state index contributed by atoms with van der Waals surface area (Å²) in [5.41, 5.74) is 4.34. The fraction of sp³-hybridized carbons (Fsp3) is 0.548. The van der Waals surface area contributed by atoms with Gasteiger partial charge in [0.25, 0.3) is 0 Å². The zero-order valence-corrected chi connectivity index (χ0v) is 23.3. The Hall–Kier alpha value is -3.48. The second-order valence-corrected chi connectivity index (χ2v) is 11.5. The van der Waals surface area contributed by atoms with E-state index in [2.05, 4.69) is 53.8 Å². The summed E-state index contributed by atoms with van der Waals surface area (Å²) in [6.45, 7) is 7.66. The molecule has 9 heteroatoms. The maximum Gasteiger partial charge on any atom is 0.318 e. The number of nitrogens with zero attached hydrogens (tertiary/aromatic N) is 6. The summed E-state index contributed by atoms with van der Waals surface area (Å²) in [6.07, 6.45) is 7.12. The van der Waals surface area contributed by atoms with Gasteiger partial charge in [-0.3, -0.25) is 4.79 Å². The third-order valence-electron chi connectivity index (χ3n) is 9.18. The molecule has 0 bridgehead atoms. The summed E-state index contributed by atoms with van der Waals surface area (Å²) in [4.78, 5) is 28.8. The molecule has 9 nitrogen and oxygen atoms in total. The smallest absolute Gasteiger partial charge is 0.318 e. The molecule has 3 atom stereocenters. The van der Waals surface area contributed by atoms with Crippen molar-refractivity contribution in [1.29, 1.82) is 5.26 Å². The summed E-state index contributed by atoms with van der Waals surface area (Å²) in [5, 5.41) is 9.50. The molecule has 2 fully saturated rings. The molecule has 1 unspecified atom stereocenters. The van der Waals surface area contributed by atoms with Crippen molar-refractivity contribution in [3.8, 4) is 12.1 Å². The molecule has 3 aliphatic heterocycles. The van der Waals surface area contributed by atoms with Gasteiger partial charge in [0.2, 0.25) is 5.91 Å². The minimum atomic E-state index is -0.394. The summed E-state index contributed by atoms with van der Waals surface area (Å²) in [7, 11) is 2.14. The van der Waals surface area contributed by atoms with E-state index < -0.39 is 5.60 Å². The number of rotatable bonds is 6. The van der Waals surface area contributed by atoms with Gasteiger partial charge >= 0.3 is 6.01 Å².